The second-order valence-electron chi connectivity index (χ2n) is 5.79. The van der Waals surface area contributed by atoms with E-state index < -0.39 is 0 Å². The molecule has 106 valence electrons. The number of aliphatic hydroxyl groups excluding tert-OH is 2. The number of nitrogens with zero attached hydrogens (tertiary/aromatic N) is 1. The summed E-state index contributed by atoms with van der Waals surface area (Å²) in [5.74, 6) is 0. The predicted octanol–water partition coefficient (Wildman–Crippen LogP) is 1.15. The molecule has 0 aliphatic carbocycles. The van der Waals surface area contributed by atoms with Gasteiger partial charge >= 0.3 is 0 Å². The number of ether oxygens (including phenoxy) is 1. The number of rotatable bonds is 7. The van der Waals surface area contributed by atoms with Crippen molar-refractivity contribution >= 4 is 0 Å². The van der Waals surface area contributed by atoms with E-state index in [0.29, 0.717) is 25.2 Å². The van der Waals surface area contributed by atoms with E-state index in [1.807, 2.05) is 0 Å². The number of unbranched alkanes of at least 4 members (excludes halogenated alkanes) is 1. The number of hydrogen-bond acceptors (Lipinski definition) is 4. The average molecular weight is 257 g/mol. The van der Waals surface area contributed by atoms with E-state index in [1.54, 1.807) is 0 Å². The molecule has 2 heterocycles. The molecule has 0 aromatic heterocycles. The monoisotopic (exact) mass is 257 g/mol. The Balaban J connectivity index is 1.69. The van der Waals surface area contributed by atoms with Gasteiger partial charge < -0.3 is 14.9 Å². The summed E-state index contributed by atoms with van der Waals surface area (Å²) >= 11 is 0. The van der Waals surface area contributed by atoms with Crippen LogP contribution in [-0.2, 0) is 4.74 Å². The number of hydrogen-bond donors (Lipinski definition) is 2. The highest BCUT2D eigenvalue weighted by Gasteiger charge is 2.40. The molecule has 2 aliphatic heterocycles. The molecule has 0 saturated carbocycles. The second-order valence-corrected chi connectivity index (χ2v) is 5.79. The third kappa shape index (κ3) is 3.67. The highest BCUT2D eigenvalue weighted by atomic mass is 16.5. The molecule has 0 aromatic rings. The predicted molar refractivity (Wildman–Crippen MR) is 70.5 cm³/mol. The Morgan fingerprint density at radius 2 is 1.94 bits per heavy atom. The Kier molecular flexibility index (Phi) is 5.42. The summed E-state index contributed by atoms with van der Waals surface area (Å²) in [6.45, 7) is 4.03. The van der Waals surface area contributed by atoms with Gasteiger partial charge in [-0.15, -0.1) is 0 Å². The molecule has 4 nitrogen and oxygen atoms in total. The van der Waals surface area contributed by atoms with E-state index >= 15 is 0 Å². The van der Waals surface area contributed by atoms with E-state index in [0.717, 1.165) is 32.3 Å². The first-order valence-electron chi connectivity index (χ1n) is 7.40. The van der Waals surface area contributed by atoms with Crippen LogP contribution >= 0.6 is 0 Å². The zero-order valence-electron chi connectivity index (χ0n) is 11.4. The molecule has 18 heavy (non-hydrogen) atoms. The van der Waals surface area contributed by atoms with Crippen molar-refractivity contribution in [2.24, 2.45) is 0 Å². The first-order chi connectivity index (χ1) is 8.70. The molecule has 3 unspecified atom stereocenters. The molecule has 2 aliphatic rings. The minimum Gasteiger partial charge on any atom is -0.393 e. The van der Waals surface area contributed by atoms with Crippen LogP contribution in [0.25, 0.3) is 0 Å². The summed E-state index contributed by atoms with van der Waals surface area (Å²) in [7, 11) is 0. The Morgan fingerprint density at radius 1 is 1.28 bits per heavy atom. The van der Waals surface area contributed by atoms with Gasteiger partial charge in [0.1, 0.15) is 0 Å². The topological polar surface area (TPSA) is 52.9 Å². The summed E-state index contributed by atoms with van der Waals surface area (Å²) in [5, 5.41) is 19.7. The van der Waals surface area contributed by atoms with Crippen molar-refractivity contribution in [3.8, 4) is 0 Å². The van der Waals surface area contributed by atoms with Gasteiger partial charge in [0.25, 0.3) is 0 Å². The lowest BCUT2D eigenvalue weighted by Crippen LogP contribution is -2.48. The van der Waals surface area contributed by atoms with Gasteiger partial charge in [-0.05, 0) is 32.1 Å². The summed E-state index contributed by atoms with van der Waals surface area (Å²) in [5.41, 5.74) is 0. The van der Waals surface area contributed by atoms with Gasteiger partial charge in [0.2, 0.25) is 0 Å². The molecule has 2 N–H and O–H groups in total. The number of aliphatic hydroxyl groups is 2. The lowest BCUT2D eigenvalue weighted by atomic mass is 9.99. The maximum atomic E-state index is 10.0. The second kappa shape index (κ2) is 6.85. The molecule has 0 spiro atoms. The van der Waals surface area contributed by atoms with Crippen LogP contribution < -0.4 is 0 Å². The maximum Gasteiger partial charge on any atom is 0.0900 e. The largest absolute Gasteiger partial charge is 0.393 e. The highest BCUT2D eigenvalue weighted by Crippen LogP contribution is 2.35. The van der Waals surface area contributed by atoms with Gasteiger partial charge in [-0.3, -0.25) is 4.90 Å². The average Bonchev–Trinajstić information content (AvgIpc) is 2.59. The van der Waals surface area contributed by atoms with Crippen LogP contribution in [0.15, 0.2) is 0 Å². The standard InChI is InChI=1S/C14H27NO3/c1-2-3-6-18-10-14(17)9-15-11-4-5-12(15)8-13(16)7-11/h11-14,16-17H,2-10H2,1H3. The third-order valence-corrected chi connectivity index (χ3v) is 4.23. The SMILES string of the molecule is CCCCOCC(O)CN1C2CCC1CC(O)C2. The zero-order chi connectivity index (χ0) is 13.0. The van der Waals surface area contributed by atoms with Crippen molar-refractivity contribution in [2.45, 2.75) is 69.7 Å². The fourth-order valence-corrected chi connectivity index (χ4v) is 3.31. The molecule has 0 radical (unpaired) electrons. The van der Waals surface area contributed by atoms with Gasteiger partial charge in [-0.25, -0.2) is 0 Å². The van der Waals surface area contributed by atoms with Crippen molar-refractivity contribution < 1.29 is 14.9 Å². The minimum absolute atomic E-state index is 0.128. The summed E-state index contributed by atoms with van der Waals surface area (Å²) in [6.07, 6.45) is 5.77. The molecule has 0 amide bonds. The van der Waals surface area contributed by atoms with Gasteiger partial charge in [-0.1, -0.05) is 13.3 Å². The lowest BCUT2D eigenvalue weighted by molar-refractivity contribution is -0.0208. The Labute approximate surface area is 110 Å². The number of fused-ring (bicyclic) bond motifs is 2. The first kappa shape index (κ1) is 14.3. The molecule has 2 bridgehead atoms. The first-order valence-corrected chi connectivity index (χ1v) is 7.40. The highest BCUT2D eigenvalue weighted by molar-refractivity contribution is 4.95. The molecular weight excluding hydrogens is 230 g/mol. The van der Waals surface area contributed by atoms with Crippen molar-refractivity contribution in [3.63, 3.8) is 0 Å². The van der Waals surface area contributed by atoms with E-state index in [2.05, 4.69) is 11.8 Å². The fraction of sp³-hybridized carbons (Fsp3) is 1.00. The summed E-state index contributed by atoms with van der Waals surface area (Å²) in [6, 6.07) is 0.952. The molecule has 2 rings (SSSR count). The quantitative estimate of drug-likeness (QED) is 0.672. The Morgan fingerprint density at radius 3 is 2.56 bits per heavy atom. The molecule has 2 saturated heterocycles. The van der Waals surface area contributed by atoms with Crippen LogP contribution in [0.3, 0.4) is 0 Å². The minimum atomic E-state index is -0.389. The van der Waals surface area contributed by atoms with E-state index in [4.69, 9.17) is 4.74 Å². The van der Waals surface area contributed by atoms with E-state index in [-0.39, 0.29) is 12.2 Å². The zero-order valence-corrected chi connectivity index (χ0v) is 11.4. The summed E-state index contributed by atoms with van der Waals surface area (Å²) in [4.78, 5) is 2.39. The third-order valence-electron chi connectivity index (χ3n) is 4.23. The van der Waals surface area contributed by atoms with Crippen LogP contribution in [0.2, 0.25) is 0 Å². The molecular formula is C14H27NO3. The van der Waals surface area contributed by atoms with Crippen LogP contribution in [-0.4, -0.2) is 59.2 Å². The van der Waals surface area contributed by atoms with Crippen LogP contribution in [0.4, 0.5) is 0 Å². The number of piperidine rings is 1. The van der Waals surface area contributed by atoms with E-state index in [1.165, 1.54) is 12.8 Å². The fourth-order valence-electron chi connectivity index (χ4n) is 3.31. The van der Waals surface area contributed by atoms with E-state index in [9.17, 15) is 10.2 Å². The van der Waals surface area contributed by atoms with Gasteiger partial charge in [-0.2, -0.15) is 0 Å². The van der Waals surface area contributed by atoms with Crippen molar-refractivity contribution in [2.75, 3.05) is 19.8 Å². The van der Waals surface area contributed by atoms with Crippen molar-refractivity contribution in [1.82, 2.24) is 4.90 Å². The Bertz CT molecular complexity index is 235. The molecule has 4 heteroatoms. The molecule has 2 fully saturated rings. The van der Waals surface area contributed by atoms with Gasteiger partial charge in [0.05, 0.1) is 18.8 Å². The summed E-state index contributed by atoms with van der Waals surface area (Å²) < 4.78 is 5.46. The van der Waals surface area contributed by atoms with Crippen LogP contribution in [0.1, 0.15) is 45.4 Å². The molecule has 0 aromatic carbocycles. The maximum absolute atomic E-state index is 10.0. The van der Waals surface area contributed by atoms with Gasteiger partial charge in [0, 0.05) is 25.2 Å². The van der Waals surface area contributed by atoms with Crippen molar-refractivity contribution in [3.05, 3.63) is 0 Å². The smallest absolute Gasteiger partial charge is 0.0900 e. The lowest BCUT2D eigenvalue weighted by Gasteiger charge is -2.38. The van der Waals surface area contributed by atoms with Crippen LogP contribution in [0, 0.1) is 0 Å². The van der Waals surface area contributed by atoms with Crippen LogP contribution in [0.5, 0.6) is 0 Å². The molecule has 3 atom stereocenters. The normalized spacial score (nSPS) is 33.8. The Hall–Kier alpha value is -0.160. The van der Waals surface area contributed by atoms with Crippen molar-refractivity contribution in [1.29, 1.82) is 0 Å². The van der Waals surface area contributed by atoms with Gasteiger partial charge in [0.15, 0.2) is 0 Å².